The lowest BCUT2D eigenvalue weighted by Crippen LogP contribution is -2.50. The Labute approximate surface area is 150 Å². The molecular weight excluding hydrogens is 314 g/mol. The maximum absolute atomic E-state index is 12.7. The van der Waals surface area contributed by atoms with Crippen molar-refractivity contribution in [2.75, 3.05) is 13.1 Å². The monoisotopic (exact) mass is 343 g/mol. The summed E-state index contributed by atoms with van der Waals surface area (Å²) >= 11 is 0. The quantitative estimate of drug-likeness (QED) is 0.882. The maximum Gasteiger partial charge on any atom is 0.314 e. The number of nitrogens with two attached hydrogens (primary N) is 1. The molecule has 3 N–H and O–H groups in total. The van der Waals surface area contributed by atoms with E-state index in [9.17, 15) is 9.59 Å². The minimum atomic E-state index is -0.419. The molecule has 1 saturated carbocycles. The summed E-state index contributed by atoms with van der Waals surface area (Å²) in [4.78, 5) is 25.7. The number of amides is 3. The van der Waals surface area contributed by atoms with Crippen LogP contribution in [0.25, 0.3) is 0 Å². The summed E-state index contributed by atoms with van der Waals surface area (Å²) < 4.78 is 0. The third-order valence-electron chi connectivity index (χ3n) is 5.68. The molecule has 136 valence electrons. The summed E-state index contributed by atoms with van der Waals surface area (Å²) in [6, 6.07) is 10.3. The number of carbonyl (C=O) groups excluding carboxylic acids is 2. The second-order valence-electron chi connectivity index (χ2n) is 7.47. The number of benzene rings is 1. The van der Waals surface area contributed by atoms with Crippen LogP contribution in [-0.4, -0.2) is 36.0 Å². The van der Waals surface area contributed by atoms with Crippen molar-refractivity contribution in [3.05, 3.63) is 35.9 Å². The van der Waals surface area contributed by atoms with E-state index in [1.165, 1.54) is 18.4 Å². The summed E-state index contributed by atoms with van der Waals surface area (Å²) in [5.41, 5.74) is 6.72. The highest BCUT2D eigenvalue weighted by Gasteiger charge is 2.31. The van der Waals surface area contributed by atoms with Crippen LogP contribution in [0, 0.1) is 11.8 Å². The Morgan fingerprint density at radius 1 is 1.08 bits per heavy atom. The molecule has 0 unspecified atom stereocenters. The van der Waals surface area contributed by atoms with Gasteiger partial charge in [-0.2, -0.15) is 0 Å². The van der Waals surface area contributed by atoms with Crippen LogP contribution in [0.1, 0.15) is 44.1 Å². The summed E-state index contributed by atoms with van der Waals surface area (Å²) in [5.74, 6) is 0.465. The van der Waals surface area contributed by atoms with Gasteiger partial charge >= 0.3 is 6.03 Å². The van der Waals surface area contributed by atoms with Crippen LogP contribution in [0.5, 0.6) is 0 Å². The second kappa shape index (κ2) is 8.37. The lowest BCUT2D eigenvalue weighted by molar-refractivity contribution is -0.127. The van der Waals surface area contributed by atoms with Gasteiger partial charge in [0.15, 0.2) is 0 Å². The van der Waals surface area contributed by atoms with Gasteiger partial charge in [0.2, 0.25) is 5.91 Å². The minimum Gasteiger partial charge on any atom is -0.353 e. The molecule has 3 amide bonds. The van der Waals surface area contributed by atoms with Crippen molar-refractivity contribution in [3.63, 3.8) is 0 Å². The number of carbonyl (C=O) groups is 2. The topological polar surface area (TPSA) is 75.4 Å². The van der Waals surface area contributed by atoms with E-state index in [-0.39, 0.29) is 17.9 Å². The van der Waals surface area contributed by atoms with Crippen LogP contribution in [0.15, 0.2) is 30.3 Å². The Kier molecular flexibility index (Phi) is 5.95. The van der Waals surface area contributed by atoms with Gasteiger partial charge in [-0.15, -0.1) is 0 Å². The Bertz CT molecular complexity index is 590. The van der Waals surface area contributed by atoms with Gasteiger partial charge in [-0.05, 0) is 43.6 Å². The van der Waals surface area contributed by atoms with Gasteiger partial charge in [0.1, 0.15) is 0 Å². The van der Waals surface area contributed by atoms with Crippen molar-refractivity contribution in [1.29, 1.82) is 0 Å². The van der Waals surface area contributed by atoms with Crippen LogP contribution < -0.4 is 11.1 Å². The number of nitrogens with one attached hydrogen (secondary N) is 1. The van der Waals surface area contributed by atoms with Crippen LogP contribution in [0.3, 0.4) is 0 Å². The molecule has 1 heterocycles. The molecule has 0 radical (unpaired) electrons. The van der Waals surface area contributed by atoms with Gasteiger partial charge in [-0.3, -0.25) is 4.79 Å². The molecule has 25 heavy (non-hydrogen) atoms. The van der Waals surface area contributed by atoms with Crippen LogP contribution in [0.4, 0.5) is 4.79 Å². The summed E-state index contributed by atoms with van der Waals surface area (Å²) in [6.45, 7) is 1.12. The SMILES string of the molecule is NC(=O)N1CCC[C@H](C(=O)N[C@H]2CCCC[C@H]2Cc2ccccc2)C1. The first kappa shape index (κ1) is 17.8. The lowest BCUT2D eigenvalue weighted by atomic mass is 9.80. The highest BCUT2D eigenvalue weighted by molar-refractivity contribution is 5.80. The fourth-order valence-corrected chi connectivity index (χ4v) is 4.25. The van der Waals surface area contributed by atoms with Gasteiger partial charge in [0.05, 0.1) is 5.92 Å². The number of hydrogen-bond donors (Lipinski definition) is 2. The van der Waals surface area contributed by atoms with Crippen molar-refractivity contribution >= 4 is 11.9 Å². The van der Waals surface area contributed by atoms with Crippen molar-refractivity contribution in [2.45, 2.75) is 51.0 Å². The number of likely N-dealkylation sites (tertiary alicyclic amines) is 1. The number of rotatable bonds is 4. The van der Waals surface area contributed by atoms with Crippen LogP contribution in [0.2, 0.25) is 0 Å². The Morgan fingerprint density at radius 3 is 2.60 bits per heavy atom. The molecule has 1 aromatic rings. The molecule has 0 aromatic heterocycles. The highest BCUT2D eigenvalue weighted by Crippen LogP contribution is 2.28. The van der Waals surface area contributed by atoms with Gasteiger partial charge in [0, 0.05) is 19.1 Å². The Morgan fingerprint density at radius 2 is 1.84 bits per heavy atom. The van der Waals surface area contributed by atoms with Gasteiger partial charge in [-0.25, -0.2) is 4.79 Å². The molecule has 5 heteroatoms. The average molecular weight is 343 g/mol. The van der Waals surface area contributed by atoms with Gasteiger partial charge < -0.3 is 16.0 Å². The van der Waals surface area contributed by atoms with Crippen LogP contribution in [-0.2, 0) is 11.2 Å². The highest BCUT2D eigenvalue weighted by atomic mass is 16.2. The smallest absolute Gasteiger partial charge is 0.314 e. The third kappa shape index (κ3) is 4.74. The van der Waals surface area contributed by atoms with E-state index in [0.29, 0.717) is 19.0 Å². The predicted molar refractivity (Wildman–Crippen MR) is 97.9 cm³/mol. The first-order chi connectivity index (χ1) is 12.1. The molecule has 1 aliphatic heterocycles. The Hall–Kier alpha value is -2.04. The zero-order valence-electron chi connectivity index (χ0n) is 14.8. The van der Waals surface area contributed by atoms with E-state index < -0.39 is 6.03 Å². The molecule has 1 saturated heterocycles. The zero-order chi connectivity index (χ0) is 17.6. The zero-order valence-corrected chi connectivity index (χ0v) is 14.8. The van der Waals surface area contributed by atoms with Crippen molar-refractivity contribution in [3.8, 4) is 0 Å². The van der Waals surface area contributed by atoms with E-state index in [1.54, 1.807) is 4.90 Å². The normalized spacial score (nSPS) is 26.9. The largest absolute Gasteiger partial charge is 0.353 e. The standard InChI is InChI=1S/C20H29N3O2/c21-20(25)23-12-6-10-17(14-23)19(24)22-18-11-5-4-9-16(18)13-15-7-2-1-3-8-15/h1-3,7-8,16-18H,4-6,9-14H2,(H2,21,25)(H,22,24)/t16-,17-,18-/m0/s1. The first-order valence-electron chi connectivity index (χ1n) is 9.52. The molecule has 2 aliphatic rings. The van der Waals surface area contributed by atoms with E-state index in [0.717, 1.165) is 32.1 Å². The molecule has 5 nitrogen and oxygen atoms in total. The molecular formula is C20H29N3O2. The van der Waals surface area contributed by atoms with Crippen LogP contribution >= 0.6 is 0 Å². The van der Waals surface area contributed by atoms with E-state index in [2.05, 4.69) is 29.6 Å². The lowest BCUT2D eigenvalue weighted by Gasteiger charge is -2.35. The second-order valence-corrected chi connectivity index (χ2v) is 7.47. The van der Waals surface area contributed by atoms with Crippen molar-refractivity contribution in [1.82, 2.24) is 10.2 Å². The maximum atomic E-state index is 12.7. The molecule has 0 spiro atoms. The fraction of sp³-hybridized carbons (Fsp3) is 0.600. The summed E-state index contributed by atoms with van der Waals surface area (Å²) in [6.07, 6.45) is 7.33. The van der Waals surface area contributed by atoms with E-state index in [4.69, 9.17) is 5.73 Å². The molecule has 1 aromatic carbocycles. The number of nitrogens with zero attached hydrogens (tertiary/aromatic N) is 1. The summed E-state index contributed by atoms with van der Waals surface area (Å²) in [5, 5.41) is 3.30. The fourth-order valence-electron chi connectivity index (χ4n) is 4.25. The average Bonchev–Trinajstić information content (AvgIpc) is 2.64. The molecule has 0 bridgehead atoms. The number of hydrogen-bond acceptors (Lipinski definition) is 2. The molecule has 1 aliphatic carbocycles. The van der Waals surface area contributed by atoms with Crippen molar-refractivity contribution < 1.29 is 9.59 Å². The van der Waals surface area contributed by atoms with E-state index >= 15 is 0 Å². The molecule has 3 rings (SSSR count). The minimum absolute atomic E-state index is 0.0934. The molecule has 2 fully saturated rings. The van der Waals surface area contributed by atoms with E-state index in [1.807, 2.05) is 6.07 Å². The third-order valence-corrected chi connectivity index (χ3v) is 5.68. The van der Waals surface area contributed by atoms with Gasteiger partial charge in [-0.1, -0.05) is 43.2 Å². The Balaban J connectivity index is 1.59. The predicted octanol–water partition coefficient (Wildman–Crippen LogP) is 2.69. The summed E-state index contributed by atoms with van der Waals surface area (Å²) in [7, 11) is 0. The first-order valence-corrected chi connectivity index (χ1v) is 9.52. The number of piperidine rings is 1. The van der Waals surface area contributed by atoms with Gasteiger partial charge in [0.25, 0.3) is 0 Å². The number of primary amides is 1. The van der Waals surface area contributed by atoms with Crippen molar-refractivity contribution in [2.24, 2.45) is 17.6 Å². The molecule has 3 atom stereocenters. The number of urea groups is 1.